The minimum Gasteiger partial charge on any atom is -0.310 e. The standard InChI is InChI=1S/C21H18N4OS2/c1-12-19-15(13-7-9-14(27-2)10-8-13)11-18(26)23-20(19)25(24-12)21-22-16-5-3-4-6-17(16)28-21/h3-10,15H,11H2,1-2H3,(H,23,26)/t15-/m0/s1. The molecule has 0 aliphatic carbocycles. The summed E-state index contributed by atoms with van der Waals surface area (Å²) >= 11 is 3.29. The molecular weight excluding hydrogens is 388 g/mol. The van der Waals surface area contributed by atoms with Gasteiger partial charge >= 0.3 is 0 Å². The summed E-state index contributed by atoms with van der Waals surface area (Å²) < 4.78 is 2.89. The lowest BCUT2D eigenvalue weighted by atomic mass is 9.86. The van der Waals surface area contributed by atoms with Crippen LogP contribution in [0.15, 0.2) is 53.4 Å². The van der Waals surface area contributed by atoms with Crippen molar-refractivity contribution in [1.82, 2.24) is 14.8 Å². The molecule has 140 valence electrons. The fraction of sp³-hybridized carbons (Fsp3) is 0.190. The number of rotatable bonds is 3. The highest BCUT2D eigenvalue weighted by Crippen LogP contribution is 2.41. The van der Waals surface area contributed by atoms with Gasteiger partial charge < -0.3 is 5.32 Å². The van der Waals surface area contributed by atoms with Gasteiger partial charge in [-0.3, -0.25) is 4.79 Å². The largest absolute Gasteiger partial charge is 0.310 e. The summed E-state index contributed by atoms with van der Waals surface area (Å²) in [5.41, 5.74) is 4.08. The van der Waals surface area contributed by atoms with Gasteiger partial charge in [0.1, 0.15) is 5.82 Å². The molecular formula is C21H18N4OS2. The summed E-state index contributed by atoms with van der Waals surface area (Å²) in [4.78, 5) is 18.5. The van der Waals surface area contributed by atoms with Gasteiger partial charge in [-0.25, -0.2) is 4.98 Å². The fourth-order valence-electron chi connectivity index (χ4n) is 3.76. The van der Waals surface area contributed by atoms with Crippen LogP contribution in [0.3, 0.4) is 0 Å². The third-order valence-corrected chi connectivity index (χ3v) is 6.84. The van der Waals surface area contributed by atoms with Gasteiger partial charge in [0.25, 0.3) is 0 Å². The summed E-state index contributed by atoms with van der Waals surface area (Å²) in [6.45, 7) is 2.00. The van der Waals surface area contributed by atoms with Crippen molar-refractivity contribution in [1.29, 1.82) is 0 Å². The minimum absolute atomic E-state index is 0.00258. The number of nitrogens with zero attached hydrogens (tertiary/aromatic N) is 3. The van der Waals surface area contributed by atoms with Crippen LogP contribution < -0.4 is 5.32 Å². The Morgan fingerprint density at radius 3 is 2.71 bits per heavy atom. The Morgan fingerprint density at radius 1 is 1.18 bits per heavy atom. The molecule has 3 heterocycles. The predicted octanol–water partition coefficient (Wildman–Crippen LogP) is 4.99. The molecule has 5 rings (SSSR count). The van der Waals surface area contributed by atoms with Crippen molar-refractivity contribution in [3.05, 3.63) is 65.4 Å². The maximum Gasteiger partial charge on any atom is 0.226 e. The van der Waals surface area contributed by atoms with E-state index >= 15 is 0 Å². The van der Waals surface area contributed by atoms with Gasteiger partial charge in [0.05, 0.1) is 15.9 Å². The van der Waals surface area contributed by atoms with Crippen molar-refractivity contribution >= 4 is 45.0 Å². The lowest BCUT2D eigenvalue weighted by Gasteiger charge is -2.24. The molecule has 1 atom stereocenters. The van der Waals surface area contributed by atoms with Gasteiger partial charge in [0.15, 0.2) is 0 Å². The van der Waals surface area contributed by atoms with E-state index in [1.54, 1.807) is 27.8 Å². The van der Waals surface area contributed by atoms with Crippen molar-refractivity contribution in [3.63, 3.8) is 0 Å². The van der Waals surface area contributed by atoms with Gasteiger partial charge in [-0.2, -0.15) is 9.78 Å². The second-order valence-corrected chi connectivity index (χ2v) is 8.69. The minimum atomic E-state index is 0.00258. The third-order valence-electron chi connectivity index (χ3n) is 5.08. The Kier molecular flexibility index (Phi) is 4.21. The molecule has 1 N–H and O–H groups in total. The van der Waals surface area contributed by atoms with Crippen LogP contribution in [0.25, 0.3) is 15.3 Å². The number of thiazole rings is 1. The molecule has 2 aromatic heterocycles. The van der Waals surface area contributed by atoms with E-state index in [1.807, 2.05) is 31.2 Å². The van der Waals surface area contributed by atoms with E-state index in [4.69, 9.17) is 10.1 Å². The van der Waals surface area contributed by atoms with Gasteiger partial charge in [0.2, 0.25) is 11.0 Å². The van der Waals surface area contributed by atoms with Gasteiger partial charge in [-0.1, -0.05) is 35.6 Å². The number of para-hydroxylation sites is 1. The fourth-order valence-corrected chi connectivity index (χ4v) is 5.09. The number of anilines is 1. The molecule has 1 aliphatic rings. The summed E-state index contributed by atoms with van der Waals surface area (Å²) in [6.07, 6.45) is 2.49. The van der Waals surface area contributed by atoms with Crippen LogP contribution in [0.2, 0.25) is 0 Å². The molecule has 0 bridgehead atoms. The zero-order chi connectivity index (χ0) is 19.3. The first-order valence-corrected chi connectivity index (χ1v) is 11.1. The van der Waals surface area contributed by atoms with Crippen LogP contribution in [0.1, 0.15) is 29.2 Å². The molecule has 0 spiro atoms. The Bertz CT molecular complexity index is 1160. The number of hydrogen-bond donors (Lipinski definition) is 1. The van der Waals surface area contributed by atoms with Crippen molar-refractivity contribution in [2.24, 2.45) is 0 Å². The Morgan fingerprint density at radius 2 is 1.96 bits per heavy atom. The second-order valence-electron chi connectivity index (χ2n) is 6.80. The van der Waals surface area contributed by atoms with Gasteiger partial charge in [-0.05, 0) is 43.0 Å². The van der Waals surface area contributed by atoms with Crippen LogP contribution in [0, 0.1) is 6.92 Å². The number of thioether (sulfide) groups is 1. The first-order chi connectivity index (χ1) is 13.6. The molecule has 1 aliphatic heterocycles. The van der Waals surface area contributed by atoms with Crippen molar-refractivity contribution in [3.8, 4) is 5.13 Å². The molecule has 0 saturated heterocycles. The van der Waals surface area contributed by atoms with Crippen LogP contribution in [0.4, 0.5) is 5.82 Å². The quantitative estimate of drug-likeness (QED) is 0.487. The molecule has 0 fully saturated rings. The van der Waals surface area contributed by atoms with E-state index in [2.05, 4.69) is 35.8 Å². The molecule has 5 nitrogen and oxygen atoms in total. The normalized spacial score (nSPS) is 16.2. The molecule has 28 heavy (non-hydrogen) atoms. The molecule has 4 aromatic rings. The highest BCUT2D eigenvalue weighted by Gasteiger charge is 2.33. The van der Waals surface area contributed by atoms with E-state index < -0.39 is 0 Å². The molecule has 0 unspecified atom stereocenters. The number of aromatic nitrogens is 3. The topological polar surface area (TPSA) is 59.8 Å². The van der Waals surface area contributed by atoms with Crippen LogP contribution in [-0.2, 0) is 4.79 Å². The monoisotopic (exact) mass is 406 g/mol. The zero-order valence-electron chi connectivity index (χ0n) is 15.5. The maximum atomic E-state index is 12.5. The van der Waals surface area contributed by atoms with Gasteiger partial charge in [-0.15, -0.1) is 11.8 Å². The third kappa shape index (κ3) is 2.82. The number of benzene rings is 2. The summed E-state index contributed by atoms with van der Waals surface area (Å²) in [5, 5.41) is 8.55. The van der Waals surface area contributed by atoms with E-state index in [0.29, 0.717) is 6.42 Å². The van der Waals surface area contributed by atoms with Crippen molar-refractivity contribution in [2.45, 2.75) is 24.2 Å². The Hall–Kier alpha value is -2.64. The van der Waals surface area contributed by atoms with Gasteiger partial charge in [0, 0.05) is 22.8 Å². The zero-order valence-corrected chi connectivity index (χ0v) is 17.1. The molecule has 0 radical (unpaired) electrons. The SMILES string of the molecule is CSc1ccc([C@@H]2CC(=O)Nc3c2c(C)nn3-c2nc3ccccc3s2)cc1. The Balaban J connectivity index is 1.64. The molecule has 1 amide bonds. The number of amides is 1. The number of hydrogen-bond acceptors (Lipinski definition) is 5. The second kappa shape index (κ2) is 6.76. The lowest BCUT2D eigenvalue weighted by Crippen LogP contribution is -2.24. The summed E-state index contributed by atoms with van der Waals surface area (Å²) in [6, 6.07) is 16.5. The first kappa shape index (κ1) is 17.5. The molecule has 0 saturated carbocycles. The average molecular weight is 407 g/mol. The number of carbonyl (C=O) groups excluding carboxylic acids is 1. The van der Waals surface area contributed by atoms with E-state index in [-0.39, 0.29) is 11.8 Å². The summed E-state index contributed by atoms with van der Waals surface area (Å²) in [5.74, 6) is 0.753. The highest BCUT2D eigenvalue weighted by atomic mass is 32.2. The van der Waals surface area contributed by atoms with Crippen LogP contribution >= 0.6 is 23.1 Å². The smallest absolute Gasteiger partial charge is 0.226 e. The van der Waals surface area contributed by atoms with Crippen molar-refractivity contribution in [2.75, 3.05) is 11.6 Å². The van der Waals surface area contributed by atoms with E-state index in [0.717, 1.165) is 38.0 Å². The Labute approximate surface area is 170 Å². The average Bonchev–Trinajstić information content (AvgIpc) is 3.28. The van der Waals surface area contributed by atoms with Crippen LogP contribution in [-0.4, -0.2) is 26.9 Å². The number of aryl methyl sites for hydroxylation is 1. The maximum absolute atomic E-state index is 12.5. The summed E-state index contributed by atoms with van der Waals surface area (Å²) in [7, 11) is 0. The number of nitrogens with one attached hydrogen (secondary N) is 1. The molecule has 2 aromatic carbocycles. The lowest BCUT2D eigenvalue weighted by molar-refractivity contribution is -0.116. The number of carbonyl (C=O) groups is 1. The van der Waals surface area contributed by atoms with Crippen LogP contribution in [0.5, 0.6) is 0 Å². The van der Waals surface area contributed by atoms with E-state index in [1.165, 1.54) is 4.90 Å². The predicted molar refractivity (Wildman–Crippen MR) is 115 cm³/mol. The number of fused-ring (bicyclic) bond motifs is 2. The van der Waals surface area contributed by atoms with Crippen molar-refractivity contribution < 1.29 is 4.79 Å². The molecule has 7 heteroatoms. The first-order valence-electron chi connectivity index (χ1n) is 9.03. The highest BCUT2D eigenvalue weighted by molar-refractivity contribution is 7.98. The van der Waals surface area contributed by atoms with E-state index in [9.17, 15) is 4.79 Å².